The van der Waals surface area contributed by atoms with Gasteiger partial charge < -0.3 is 86.5 Å². The van der Waals surface area contributed by atoms with Crippen LogP contribution in [0.3, 0.4) is 0 Å². The highest BCUT2D eigenvalue weighted by Gasteiger charge is 2.26. The molecule has 0 bridgehead atoms. The highest BCUT2D eigenvalue weighted by Crippen LogP contribution is 2.13. The van der Waals surface area contributed by atoms with E-state index in [4.69, 9.17) is 9.47 Å². The minimum absolute atomic E-state index is 0.0349. The summed E-state index contributed by atoms with van der Waals surface area (Å²) in [5, 5.41) is 64.2. The van der Waals surface area contributed by atoms with Crippen molar-refractivity contribution in [1.82, 2.24) is 66.2 Å². The first-order valence-electron chi connectivity index (χ1n) is 38.5. The number of carboxylic acids is 5. The number of nitrogens with zero attached hydrogens (tertiary/aromatic N) is 7. The normalized spacial score (nSPS) is 13.7. The number of carbonyl (C=O) groups excluding carboxylic acids is 9. The highest BCUT2D eigenvalue weighted by molar-refractivity contribution is 5.83. The van der Waals surface area contributed by atoms with Crippen LogP contribution in [-0.4, -0.2) is 300 Å². The molecule has 34 nitrogen and oxygen atoms in total. The number of amides is 9. The molecule has 1 aliphatic rings. The Morgan fingerprint density at radius 1 is 0.364 bits per heavy atom. The maximum atomic E-state index is 13.9. The van der Waals surface area contributed by atoms with Gasteiger partial charge in [0.05, 0.1) is 19.6 Å². The van der Waals surface area contributed by atoms with Crippen molar-refractivity contribution in [1.29, 1.82) is 0 Å². The molecular formula is C76H121N13O21. The van der Waals surface area contributed by atoms with Crippen LogP contribution in [0, 0.1) is 0 Å². The van der Waals surface area contributed by atoms with Gasteiger partial charge in [-0.25, -0.2) is 19.2 Å². The van der Waals surface area contributed by atoms with E-state index < -0.39 is 54.1 Å². The summed E-state index contributed by atoms with van der Waals surface area (Å²) < 4.78 is 10.2. The van der Waals surface area contributed by atoms with Crippen LogP contribution in [0.25, 0.3) is 0 Å². The zero-order chi connectivity index (χ0) is 80.7. The summed E-state index contributed by atoms with van der Waals surface area (Å²) in [6.07, 6.45) is 8.42. The maximum Gasteiger partial charge on any atom is 0.408 e. The molecule has 0 aliphatic carbocycles. The Balaban J connectivity index is 1.39. The predicted molar refractivity (Wildman–Crippen MR) is 406 cm³/mol. The lowest BCUT2D eigenvalue weighted by Gasteiger charge is -2.33. The summed E-state index contributed by atoms with van der Waals surface area (Å²) in [5.74, 6) is -7.01. The van der Waals surface area contributed by atoms with Crippen molar-refractivity contribution in [2.75, 3.05) is 145 Å². The van der Waals surface area contributed by atoms with E-state index >= 15 is 0 Å². The molecule has 1 saturated heterocycles. The van der Waals surface area contributed by atoms with Crippen LogP contribution < -0.4 is 31.9 Å². The molecule has 11 N–H and O–H groups in total. The van der Waals surface area contributed by atoms with Crippen LogP contribution in [-0.2, 0) is 80.2 Å². The fraction of sp³-hybridized carbons (Fsp3) is 0.658. The summed E-state index contributed by atoms with van der Waals surface area (Å²) >= 11 is 0. The Hall–Kier alpha value is -9.54. The van der Waals surface area contributed by atoms with E-state index in [-0.39, 0.29) is 158 Å². The molecule has 2 aromatic rings. The first-order chi connectivity index (χ1) is 52.8. The number of hydrogen-bond donors (Lipinski definition) is 11. The smallest absolute Gasteiger partial charge is 0.408 e. The van der Waals surface area contributed by atoms with Crippen molar-refractivity contribution in [3.63, 3.8) is 0 Å². The number of rotatable bonds is 56. The van der Waals surface area contributed by atoms with Gasteiger partial charge in [0.25, 0.3) is 0 Å². The molecule has 1 fully saturated rings. The lowest BCUT2D eigenvalue weighted by atomic mass is 10.1. The molecule has 1 aliphatic heterocycles. The van der Waals surface area contributed by atoms with Gasteiger partial charge in [0, 0.05) is 164 Å². The molecule has 616 valence electrons. The number of hydrogen-bond acceptors (Lipinski definition) is 20. The van der Waals surface area contributed by atoms with Crippen molar-refractivity contribution in [3.05, 3.63) is 71.8 Å². The number of aliphatic carboxylic acids is 5. The average molecular weight is 1550 g/mol. The largest absolute Gasteiger partial charge is 0.480 e. The van der Waals surface area contributed by atoms with E-state index in [0.717, 1.165) is 11.1 Å². The Kier molecular flexibility index (Phi) is 49.5. The second-order valence-corrected chi connectivity index (χ2v) is 27.6. The lowest BCUT2D eigenvalue weighted by Crippen LogP contribution is -2.48. The molecule has 2 atom stereocenters. The first kappa shape index (κ1) is 94.7. The molecule has 0 radical (unpaired) electrons. The zero-order valence-electron chi connectivity index (χ0n) is 64.4. The predicted octanol–water partition coefficient (Wildman–Crippen LogP) is 3.79. The quantitative estimate of drug-likeness (QED) is 0.0420. The Morgan fingerprint density at radius 3 is 1.03 bits per heavy atom. The number of unbranched alkanes of at least 4 members (excludes halogenated alkanes) is 10. The molecule has 2 aromatic carbocycles. The van der Waals surface area contributed by atoms with E-state index in [1.165, 1.54) is 9.80 Å². The summed E-state index contributed by atoms with van der Waals surface area (Å²) in [6, 6.07) is 15.2. The Bertz CT molecular complexity index is 2940. The molecule has 110 heavy (non-hydrogen) atoms. The summed E-state index contributed by atoms with van der Waals surface area (Å²) in [5.41, 5.74) is 1.47. The molecule has 1 heterocycles. The number of carboxylic acid groups (broad SMARTS) is 5. The molecule has 0 aromatic heterocycles. The van der Waals surface area contributed by atoms with E-state index in [2.05, 4.69) is 36.8 Å². The highest BCUT2D eigenvalue weighted by atomic mass is 16.6. The number of carbonyl (C=O) groups is 14. The van der Waals surface area contributed by atoms with E-state index in [9.17, 15) is 92.7 Å². The van der Waals surface area contributed by atoms with Crippen molar-refractivity contribution in [2.24, 2.45) is 0 Å². The minimum atomic E-state index is -1.31. The third kappa shape index (κ3) is 47.4. The van der Waals surface area contributed by atoms with Crippen LogP contribution in [0.4, 0.5) is 9.59 Å². The third-order valence-corrected chi connectivity index (χ3v) is 18.5. The summed E-state index contributed by atoms with van der Waals surface area (Å²) in [6.45, 7) is 5.07. The lowest BCUT2D eigenvalue weighted by molar-refractivity contribution is -0.141. The van der Waals surface area contributed by atoms with Gasteiger partial charge in [0.1, 0.15) is 25.3 Å². The van der Waals surface area contributed by atoms with Gasteiger partial charge in [-0.15, -0.1) is 0 Å². The van der Waals surface area contributed by atoms with Gasteiger partial charge in [-0.1, -0.05) is 92.8 Å². The monoisotopic (exact) mass is 1550 g/mol. The second-order valence-electron chi connectivity index (χ2n) is 27.6. The average Bonchev–Trinajstić information content (AvgIpc) is 0.894. The minimum Gasteiger partial charge on any atom is -0.480 e. The standard InChI is InChI=1S/C76H121N13O21/c1-83(67(94)35-33-61(73(103)104)81-75(107)109-57-59-24-10-3-11-25-59)41-21-7-16-30-63(90)77-37-19-5-14-28-65(92)79-39-44-89(69(96)32-18-9-23-43-85-46-48-86(54-70(97)98)50-52-88(56-72(101)102)53-51-87(49-47-85)55-71(99)100)45-40-80-66(93)29-15-6-20-38-78-64(91)31-17-8-22-42-84(2)68(95)36-34-62(74(105)106)82-76(108)110-58-60-26-12-4-13-27-60/h3-4,10-13,24-27,61-62H,5-9,14-23,28-58H2,1-2H3,(H,77,90)(H,78,91)(H,79,92)(H,80,93)(H,81,107)(H,82,108)(H,97,98)(H,99,100)(H,101,102)(H,103,104)(H,105,106)/t61-,62-/m0/s1. The van der Waals surface area contributed by atoms with Crippen molar-refractivity contribution >= 4 is 83.4 Å². The van der Waals surface area contributed by atoms with Gasteiger partial charge in [-0.3, -0.25) is 62.6 Å². The third-order valence-electron chi connectivity index (χ3n) is 18.5. The van der Waals surface area contributed by atoms with Gasteiger partial charge in [0.2, 0.25) is 41.4 Å². The van der Waals surface area contributed by atoms with Crippen LogP contribution in [0.2, 0.25) is 0 Å². The van der Waals surface area contributed by atoms with Crippen molar-refractivity contribution < 1.29 is 102 Å². The van der Waals surface area contributed by atoms with Crippen LogP contribution in [0.5, 0.6) is 0 Å². The van der Waals surface area contributed by atoms with Crippen LogP contribution in [0.1, 0.15) is 165 Å². The van der Waals surface area contributed by atoms with Gasteiger partial charge in [0.15, 0.2) is 0 Å². The molecule has 0 saturated carbocycles. The van der Waals surface area contributed by atoms with Crippen LogP contribution >= 0.6 is 0 Å². The van der Waals surface area contributed by atoms with Gasteiger partial charge >= 0.3 is 42.0 Å². The van der Waals surface area contributed by atoms with Gasteiger partial charge in [-0.2, -0.15) is 0 Å². The Labute approximate surface area is 645 Å². The zero-order valence-corrected chi connectivity index (χ0v) is 64.4. The van der Waals surface area contributed by atoms with Crippen LogP contribution in [0.15, 0.2) is 60.7 Å². The molecule has 3 rings (SSSR count). The summed E-state index contributed by atoms with van der Waals surface area (Å²) in [7, 11) is 3.23. The topological polar surface area (TPSA) is 453 Å². The molecule has 0 unspecified atom stereocenters. The van der Waals surface area contributed by atoms with E-state index in [1.54, 1.807) is 82.2 Å². The number of nitrogens with one attached hydrogen (secondary N) is 6. The van der Waals surface area contributed by atoms with Gasteiger partial charge in [-0.05, 0) is 94.7 Å². The number of ether oxygens (including phenoxy) is 2. The van der Waals surface area contributed by atoms with Crippen molar-refractivity contribution in [2.45, 2.75) is 179 Å². The SMILES string of the molecule is CN(CCCCCC(=O)NCCCCCC(=O)NCCN(CCNC(=O)CCCCCNC(=O)CCCCCN(C)C(=O)CC[C@H](NC(=O)OCc1ccccc1)C(=O)O)C(=O)CCCCCN1CCN(CC(=O)O)CCN(CC(=O)O)CCN(CC(=O)O)CC1)C(=O)CC[C@H](NC(=O)OCc1ccccc1)C(=O)O. The summed E-state index contributed by atoms with van der Waals surface area (Å²) in [4.78, 5) is 186. The number of benzene rings is 2. The molecule has 34 heteroatoms. The maximum absolute atomic E-state index is 13.9. The van der Waals surface area contributed by atoms with Crippen molar-refractivity contribution in [3.8, 4) is 0 Å². The molecule has 0 spiro atoms. The Morgan fingerprint density at radius 2 is 0.682 bits per heavy atom. The number of alkyl carbamates (subject to hydrolysis) is 2. The molecular weight excluding hydrogens is 1430 g/mol. The van der Waals surface area contributed by atoms with E-state index in [1.807, 2.05) is 12.1 Å². The molecule has 9 amide bonds. The fourth-order valence-electron chi connectivity index (χ4n) is 11.9. The van der Waals surface area contributed by atoms with E-state index in [0.29, 0.717) is 181 Å². The second kappa shape index (κ2) is 57.5. The first-order valence-corrected chi connectivity index (χ1v) is 38.5. The fourth-order valence-corrected chi connectivity index (χ4v) is 11.9.